The van der Waals surface area contributed by atoms with E-state index in [-0.39, 0.29) is 5.75 Å². The molecule has 1 aromatic rings. The molecule has 13 heavy (non-hydrogen) atoms. The molecule has 72 valence electrons. The summed E-state index contributed by atoms with van der Waals surface area (Å²) in [5, 5.41) is 0. The largest absolute Gasteiger partial charge is 0.379 e. The molecule has 5 heteroatoms. The van der Waals surface area contributed by atoms with Gasteiger partial charge in [-0.05, 0) is 18.6 Å². The highest BCUT2D eigenvalue weighted by Gasteiger charge is 2.10. The van der Waals surface area contributed by atoms with Crippen molar-refractivity contribution in [3.8, 4) is 5.75 Å². The third-order valence-electron chi connectivity index (χ3n) is 1.40. The second-order valence-electron chi connectivity index (χ2n) is 2.67. The minimum absolute atomic E-state index is 0.262. The summed E-state index contributed by atoms with van der Waals surface area (Å²) in [4.78, 5) is 0. The molecule has 0 atom stereocenters. The zero-order valence-corrected chi connectivity index (χ0v) is 8.06. The normalized spacial score (nSPS) is 11.3. The van der Waals surface area contributed by atoms with Crippen molar-refractivity contribution in [1.82, 2.24) is 0 Å². The molecule has 0 radical (unpaired) electrons. The van der Waals surface area contributed by atoms with Crippen molar-refractivity contribution in [2.45, 2.75) is 6.92 Å². The summed E-state index contributed by atoms with van der Waals surface area (Å²) in [5.41, 5.74) is 0.348. The number of halogens is 1. The van der Waals surface area contributed by atoms with Gasteiger partial charge in [-0.1, -0.05) is 12.1 Å². The van der Waals surface area contributed by atoms with Crippen LogP contribution in [0.3, 0.4) is 0 Å². The molecular weight excluding hydrogens is 195 g/mol. The van der Waals surface area contributed by atoms with Gasteiger partial charge in [0.1, 0.15) is 0 Å². The Hall–Kier alpha value is -1.10. The second kappa shape index (κ2) is 3.33. The molecule has 0 spiro atoms. The first-order valence-electron chi connectivity index (χ1n) is 3.55. The number of hydrogen-bond donors (Lipinski definition) is 0. The van der Waals surface area contributed by atoms with Crippen molar-refractivity contribution in [3.05, 3.63) is 29.6 Å². The van der Waals surface area contributed by atoms with Crippen LogP contribution in [0.2, 0.25) is 0 Å². The molecule has 0 amide bonds. The van der Waals surface area contributed by atoms with Crippen LogP contribution in [0.1, 0.15) is 5.56 Å². The topological polar surface area (TPSA) is 43.4 Å². The quantitative estimate of drug-likeness (QED) is 0.685. The van der Waals surface area contributed by atoms with E-state index in [9.17, 15) is 12.8 Å². The lowest BCUT2D eigenvalue weighted by Gasteiger charge is -2.04. The fourth-order valence-electron chi connectivity index (χ4n) is 0.848. The highest BCUT2D eigenvalue weighted by molar-refractivity contribution is 7.86. The molecule has 0 bridgehead atoms. The number of benzene rings is 1. The van der Waals surface area contributed by atoms with Gasteiger partial charge < -0.3 is 4.18 Å². The van der Waals surface area contributed by atoms with Crippen molar-refractivity contribution >= 4 is 10.1 Å². The molecule has 3 nitrogen and oxygen atoms in total. The molecule has 0 N–H and O–H groups in total. The van der Waals surface area contributed by atoms with E-state index in [2.05, 4.69) is 4.18 Å². The van der Waals surface area contributed by atoms with Gasteiger partial charge in [0, 0.05) is 0 Å². The average Bonchev–Trinajstić information content (AvgIpc) is 1.96. The Morgan fingerprint density at radius 1 is 1.38 bits per heavy atom. The molecule has 0 unspecified atom stereocenters. The van der Waals surface area contributed by atoms with E-state index in [0.717, 1.165) is 6.26 Å². The van der Waals surface area contributed by atoms with E-state index >= 15 is 0 Å². The number of rotatable bonds is 2. The van der Waals surface area contributed by atoms with Gasteiger partial charge in [-0.3, -0.25) is 0 Å². The average molecular weight is 204 g/mol. The van der Waals surface area contributed by atoms with Gasteiger partial charge in [0.2, 0.25) is 0 Å². The van der Waals surface area contributed by atoms with Gasteiger partial charge in [0.15, 0.2) is 11.6 Å². The zero-order chi connectivity index (χ0) is 10.1. The molecule has 0 fully saturated rings. The monoisotopic (exact) mass is 204 g/mol. The van der Waals surface area contributed by atoms with Crippen LogP contribution in [-0.4, -0.2) is 14.7 Å². The summed E-state index contributed by atoms with van der Waals surface area (Å²) in [6, 6.07) is 4.33. The van der Waals surface area contributed by atoms with Crippen LogP contribution < -0.4 is 4.18 Å². The molecule has 0 aliphatic rings. The summed E-state index contributed by atoms with van der Waals surface area (Å²) >= 11 is 0. The molecule has 0 saturated carbocycles. The SMILES string of the molecule is Cc1cccc(OS(C)(=O)=O)c1F. The highest BCUT2D eigenvalue weighted by atomic mass is 32.2. The Morgan fingerprint density at radius 2 is 2.00 bits per heavy atom. The van der Waals surface area contributed by atoms with E-state index in [1.165, 1.54) is 25.1 Å². The summed E-state index contributed by atoms with van der Waals surface area (Å²) in [5.74, 6) is -0.907. The summed E-state index contributed by atoms with van der Waals surface area (Å²) < 4.78 is 38.9. The van der Waals surface area contributed by atoms with Crippen LogP contribution >= 0.6 is 0 Å². The lowest BCUT2D eigenvalue weighted by Crippen LogP contribution is -2.07. The van der Waals surface area contributed by atoms with Gasteiger partial charge in [0.05, 0.1) is 6.26 Å². The maximum absolute atomic E-state index is 13.1. The maximum atomic E-state index is 13.1. The summed E-state index contributed by atoms with van der Waals surface area (Å²) in [6.07, 6.45) is 0.870. The van der Waals surface area contributed by atoms with E-state index in [0.29, 0.717) is 5.56 Å². The Balaban J connectivity index is 3.10. The van der Waals surface area contributed by atoms with Crippen LogP contribution in [0.5, 0.6) is 5.75 Å². The predicted molar refractivity (Wildman–Crippen MR) is 46.6 cm³/mol. The number of hydrogen-bond acceptors (Lipinski definition) is 3. The molecular formula is C8H9FO3S. The highest BCUT2D eigenvalue weighted by Crippen LogP contribution is 2.20. The van der Waals surface area contributed by atoms with Crippen molar-refractivity contribution < 1.29 is 17.0 Å². The fourth-order valence-corrected chi connectivity index (χ4v) is 1.30. The first kappa shape index (κ1) is 9.98. The molecule has 1 rings (SSSR count). The maximum Gasteiger partial charge on any atom is 0.306 e. The molecule has 1 aromatic carbocycles. The standard InChI is InChI=1S/C8H9FO3S/c1-6-4-3-5-7(8(6)9)12-13(2,10)11/h3-5H,1-2H3. The fraction of sp³-hybridized carbons (Fsp3) is 0.250. The first-order chi connectivity index (χ1) is 5.90. The van der Waals surface area contributed by atoms with E-state index < -0.39 is 15.9 Å². The second-order valence-corrected chi connectivity index (χ2v) is 4.25. The van der Waals surface area contributed by atoms with Crippen molar-refractivity contribution in [2.24, 2.45) is 0 Å². The van der Waals surface area contributed by atoms with Gasteiger partial charge in [-0.15, -0.1) is 0 Å². The first-order valence-corrected chi connectivity index (χ1v) is 5.36. The zero-order valence-electron chi connectivity index (χ0n) is 7.24. The van der Waals surface area contributed by atoms with Crippen molar-refractivity contribution in [3.63, 3.8) is 0 Å². The van der Waals surface area contributed by atoms with Gasteiger partial charge in [0.25, 0.3) is 0 Å². The van der Waals surface area contributed by atoms with Crippen LogP contribution in [0.15, 0.2) is 18.2 Å². The van der Waals surface area contributed by atoms with Crippen LogP contribution in [0, 0.1) is 12.7 Å². The molecule has 0 heterocycles. The van der Waals surface area contributed by atoms with Gasteiger partial charge in [-0.25, -0.2) is 4.39 Å². The Bertz CT molecular complexity index is 411. The third kappa shape index (κ3) is 2.69. The van der Waals surface area contributed by atoms with Crippen LogP contribution in [0.4, 0.5) is 4.39 Å². The third-order valence-corrected chi connectivity index (χ3v) is 1.88. The Kier molecular flexibility index (Phi) is 2.56. The lowest BCUT2D eigenvalue weighted by atomic mass is 10.2. The molecule has 0 aromatic heterocycles. The minimum atomic E-state index is -3.66. The molecule has 0 aliphatic heterocycles. The van der Waals surface area contributed by atoms with Crippen molar-refractivity contribution in [2.75, 3.05) is 6.26 Å². The smallest absolute Gasteiger partial charge is 0.306 e. The minimum Gasteiger partial charge on any atom is -0.379 e. The van der Waals surface area contributed by atoms with Crippen molar-refractivity contribution in [1.29, 1.82) is 0 Å². The number of aryl methyl sites for hydroxylation is 1. The Labute approximate surface area is 76.3 Å². The van der Waals surface area contributed by atoms with E-state index in [1.807, 2.05) is 0 Å². The molecule has 0 saturated heterocycles. The summed E-state index contributed by atoms with van der Waals surface area (Å²) in [6.45, 7) is 1.53. The Morgan fingerprint density at radius 3 is 2.54 bits per heavy atom. The predicted octanol–water partition coefficient (Wildman–Crippen LogP) is 1.47. The van der Waals surface area contributed by atoms with E-state index in [1.54, 1.807) is 0 Å². The lowest BCUT2D eigenvalue weighted by molar-refractivity contribution is 0.465. The van der Waals surface area contributed by atoms with Crippen LogP contribution in [0.25, 0.3) is 0 Å². The van der Waals surface area contributed by atoms with Crippen LogP contribution in [-0.2, 0) is 10.1 Å². The van der Waals surface area contributed by atoms with E-state index in [4.69, 9.17) is 0 Å². The van der Waals surface area contributed by atoms with Gasteiger partial charge >= 0.3 is 10.1 Å². The molecule has 0 aliphatic carbocycles. The summed E-state index contributed by atoms with van der Waals surface area (Å²) in [7, 11) is -3.66. The van der Waals surface area contributed by atoms with Gasteiger partial charge in [-0.2, -0.15) is 8.42 Å².